The number of hydrogen-bond acceptors (Lipinski definition) is 3. The Morgan fingerprint density at radius 1 is 1.25 bits per heavy atom. The maximum absolute atomic E-state index is 11.7. The van der Waals surface area contributed by atoms with Gasteiger partial charge in [-0.3, -0.25) is 4.79 Å². The Labute approximate surface area is 121 Å². The molecule has 20 heavy (non-hydrogen) atoms. The summed E-state index contributed by atoms with van der Waals surface area (Å²) in [5.41, 5.74) is 0. The van der Waals surface area contributed by atoms with Crippen molar-refractivity contribution in [3.8, 4) is 11.5 Å². The van der Waals surface area contributed by atoms with Gasteiger partial charge >= 0.3 is 0 Å². The SMILES string of the molecule is CC(C)CCC[C@@H](C)NC(=O)COc1ccccc1O. The molecule has 1 atom stereocenters. The highest BCUT2D eigenvalue weighted by Crippen LogP contribution is 2.23. The fourth-order valence-corrected chi connectivity index (χ4v) is 1.94. The van der Waals surface area contributed by atoms with Crippen LogP contribution < -0.4 is 10.1 Å². The van der Waals surface area contributed by atoms with Gasteiger partial charge in [-0.25, -0.2) is 0 Å². The van der Waals surface area contributed by atoms with Crippen molar-refractivity contribution in [1.82, 2.24) is 5.32 Å². The van der Waals surface area contributed by atoms with Crippen LogP contribution in [0.3, 0.4) is 0 Å². The number of phenolic OH excluding ortho intramolecular Hbond substituents is 1. The Balaban J connectivity index is 2.24. The molecule has 2 N–H and O–H groups in total. The van der Waals surface area contributed by atoms with E-state index in [0.29, 0.717) is 11.7 Å². The monoisotopic (exact) mass is 279 g/mol. The summed E-state index contributed by atoms with van der Waals surface area (Å²) < 4.78 is 5.28. The zero-order valence-electron chi connectivity index (χ0n) is 12.6. The highest BCUT2D eigenvalue weighted by Gasteiger charge is 2.09. The summed E-state index contributed by atoms with van der Waals surface area (Å²) in [5.74, 6) is 0.910. The molecule has 0 spiro atoms. The maximum atomic E-state index is 11.7. The second-order valence-corrected chi connectivity index (χ2v) is 5.55. The first-order valence-electron chi connectivity index (χ1n) is 7.19. The lowest BCUT2D eigenvalue weighted by molar-refractivity contribution is -0.123. The van der Waals surface area contributed by atoms with Crippen LogP contribution in [0.1, 0.15) is 40.0 Å². The molecule has 0 fully saturated rings. The standard InChI is InChI=1S/C16H25NO3/c1-12(2)7-6-8-13(3)17-16(19)11-20-15-10-5-4-9-14(15)18/h4-5,9-10,12-13,18H,6-8,11H2,1-3H3,(H,17,19)/t13-/m1/s1. The molecule has 0 saturated heterocycles. The highest BCUT2D eigenvalue weighted by atomic mass is 16.5. The molecule has 4 nitrogen and oxygen atoms in total. The van der Waals surface area contributed by atoms with Crippen molar-refractivity contribution in [3.63, 3.8) is 0 Å². The summed E-state index contributed by atoms with van der Waals surface area (Å²) in [6, 6.07) is 6.77. The molecular formula is C16H25NO3. The number of amides is 1. The van der Waals surface area contributed by atoms with Crippen LogP contribution in [0.25, 0.3) is 0 Å². The Bertz CT molecular complexity index is 418. The fourth-order valence-electron chi connectivity index (χ4n) is 1.94. The number of nitrogens with one attached hydrogen (secondary N) is 1. The highest BCUT2D eigenvalue weighted by molar-refractivity contribution is 5.77. The first kappa shape index (κ1) is 16.3. The van der Waals surface area contributed by atoms with Crippen LogP contribution in [-0.4, -0.2) is 23.7 Å². The van der Waals surface area contributed by atoms with Gasteiger partial charge in [-0.2, -0.15) is 0 Å². The number of phenols is 1. The Hall–Kier alpha value is -1.71. The number of para-hydroxylation sites is 2. The van der Waals surface area contributed by atoms with E-state index >= 15 is 0 Å². The van der Waals surface area contributed by atoms with Gasteiger partial charge < -0.3 is 15.2 Å². The van der Waals surface area contributed by atoms with Crippen molar-refractivity contribution in [1.29, 1.82) is 0 Å². The number of rotatable bonds is 8. The predicted molar refractivity (Wildman–Crippen MR) is 79.9 cm³/mol. The van der Waals surface area contributed by atoms with Crippen LogP contribution in [0.4, 0.5) is 0 Å². The average Bonchev–Trinajstić information content (AvgIpc) is 2.37. The minimum Gasteiger partial charge on any atom is -0.504 e. The van der Waals surface area contributed by atoms with Crippen LogP contribution in [0.15, 0.2) is 24.3 Å². The van der Waals surface area contributed by atoms with Crippen molar-refractivity contribution in [2.45, 2.75) is 46.1 Å². The third-order valence-corrected chi connectivity index (χ3v) is 3.05. The second-order valence-electron chi connectivity index (χ2n) is 5.55. The Morgan fingerprint density at radius 2 is 1.95 bits per heavy atom. The number of aromatic hydroxyl groups is 1. The van der Waals surface area contributed by atoms with Crippen LogP contribution in [0, 0.1) is 5.92 Å². The largest absolute Gasteiger partial charge is 0.504 e. The van der Waals surface area contributed by atoms with Crippen molar-refractivity contribution in [3.05, 3.63) is 24.3 Å². The summed E-state index contributed by atoms with van der Waals surface area (Å²) >= 11 is 0. The summed E-state index contributed by atoms with van der Waals surface area (Å²) in [4.78, 5) is 11.7. The Kier molecular flexibility index (Phi) is 6.91. The Morgan fingerprint density at radius 3 is 2.60 bits per heavy atom. The number of hydrogen-bond donors (Lipinski definition) is 2. The summed E-state index contributed by atoms with van der Waals surface area (Å²) in [5, 5.41) is 12.4. The van der Waals surface area contributed by atoms with Crippen molar-refractivity contribution in [2.75, 3.05) is 6.61 Å². The van der Waals surface area contributed by atoms with Gasteiger partial charge in [0.05, 0.1) is 0 Å². The van der Waals surface area contributed by atoms with E-state index in [4.69, 9.17) is 4.74 Å². The maximum Gasteiger partial charge on any atom is 0.258 e. The van der Waals surface area contributed by atoms with E-state index in [2.05, 4.69) is 19.2 Å². The van der Waals surface area contributed by atoms with Gasteiger partial charge in [0.2, 0.25) is 0 Å². The van der Waals surface area contributed by atoms with E-state index < -0.39 is 0 Å². The third kappa shape index (κ3) is 6.45. The first-order valence-corrected chi connectivity index (χ1v) is 7.19. The van der Waals surface area contributed by atoms with Crippen LogP contribution in [0.2, 0.25) is 0 Å². The minimum atomic E-state index is -0.162. The van der Waals surface area contributed by atoms with Gasteiger partial charge in [-0.15, -0.1) is 0 Å². The van der Waals surface area contributed by atoms with Gasteiger partial charge in [0, 0.05) is 6.04 Å². The number of carbonyl (C=O) groups is 1. The number of ether oxygens (including phenoxy) is 1. The first-order chi connectivity index (χ1) is 9.49. The zero-order valence-corrected chi connectivity index (χ0v) is 12.6. The zero-order chi connectivity index (χ0) is 15.0. The van der Waals surface area contributed by atoms with E-state index in [-0.39, 0.29) is 24.3 Å². The summed E-state index contributed by atoms with van der Waals surface area (Å²) in [6.07, 6.45) is 3.26. The molecule has 0 unspecified atom stereocenters. The fraction of sp³-hybridized carbons (Fsp3) is 0.562. The molecule has 1 aromatic rings. The molecule has 112 valence electrons. The number of carbonyl (C=O) groups excluding carboxylic acids is 1. The van der Waals surface area contributed by atoms with Crippen molar-refractivity contribution >= 4 is 5.91 Å². The van der Waals surface area contributed by atoms with Gasteiger partial charge in [0.25, 0.3) is 5.91 Å². The molecule has 0 saturated carbocycles. The van der Waals surface area contributed by atoms with E-state index in [1.807, 2.05) is 6.92 Å². The third-order valence-electron chi connectivity index (χ3n) is 3.05. The molecule has 0 aliphatic rings. The van der Waals surface area contributed by atoms with Gasteiger partial charge in [0.15, 0.2) is 18.1 Å². The molecule has 1 rings (SSSR count). The average molecular weight is 279 g/mol. The molecule has 0 aliphatic heterocycles. The van der Waals surface area contributed by atoms with Gasteiger partial charge in [0.1, 0.15) is 0 Å². The molecule has 0 heterocycles. The molecule has 0 aromatic heterocycles. The summed E-state index contributed by atoms with van der Waals surface area (Å²) in [7, 11) is 0. The molecule has 0 bridgehead atoms. The lowest BCUT2D eigenvalue weighted by Crippen LogP contribution is -2.36. The minimum absolute atomic E-state index is 0.0466. The summed E-state index contributed by atoms with van der Waals surface area (Å²) in [6.45, 7) is 6.32. The van der Waals surface area contributed by atoms with Gasteiger partial charge in [-0.1, -0.05) is 38.8 Å². The van der Waals surface area contributed by atoms with Crippen LogP contribution in [-0.2, 0) is 4.79 Å². The van der Waals surface area contributed by atoms with E-state index in [1.54, 1.807) is 18.2 Å². The molecule has 1 amide bonds. The molecular weight excluding hydrogens is 254 g/mol. The van der Waals surface area contributed by atoms with E-state index in [0.717, 1.165) is 12.8 Å². The quantitative estimate of drug-likeness (QED) is 0.768. The lowest BCUT2D eigenvalue weighted by Gasteiger charge is -2.15. The number of benzene rings is 1. The molecule has 1 aromatic carbocycles. The van der Waals surface area contributed by atoms with Crippen LogP contribution >= 0.6 is 0 Å². The molecule has 4 heteroatoms. The van der Waals surface area contributed by atoms with E-state index in [1.165, 1.54) is 12.5 Å². The normalized spacial score (nSPS) is 12.2. The predicted octanol–water partition coefficient (Wildman–Crippen LogP) is 3.10. The molecule has 0 aliphatic carbocycles. The van der Waals surface area contributed by atoms with E-state index in [9.17, 15) is 9.90 Å². The topological polar surface area (TPSA) is 58.6 Å². The molecule has 0 radical (unpaired) electrons. The van der Waals surface area contributed by atoms with Crippen molar-refractivity contribution in [2.24, 2.45) is 5.92 Å². The van der Waals surface area contributed by atoms with Gasteiger partial charge in [-0.05, 0) is 31.4 Å². The van der Waals surface area contributed by atoms with Crippen molar-refractivity contribution < 1.29 is 14.6 Å². The smallest absolute Gasteiger partial charge is 0.258 e. The second kappa shape index (κ2) is 8.46. The van der Waals surface area contributed by atoms with Crippen LogP contribution in [0.5, 0.6) is 11.5 Å². The lowest BCUT2D eigenvalue weighted by atomic mass is 10.0.